The van der Waals surface area contributed by atoms with Crippen LogP contribution in [0.4, 0.5) is 5.69 Å². The van der Waals surface area contributed by atoms with E-state index >= 15 is 0 Å². The van der Waals surface area contributed by atoms with Gasteiger partial charge in [-0.15, -0.1) is 0 Å². The minimum absolute atomic E-state index is 0.0388. The number of morpholine rings is 1. The molecule has 1 saturated heterocycles. The zero-order valence-electron chi connectivity index (χ0n) is 14.4. The molecular weight excluding hydrogens is 312 g/mol. The van der Waals surface area contributed by atoms with Crippen LogP contribution < -0.4 is 4.90 Å². The molecular formula is C21H22N2O2. The Morgan fingerprint density at radius 2 is 1.88 bits per heavy atom. The highest BCUT2D eigenvalue weighted by atomic mass is 16.5. The number of aliphatic hydroxyl groups is 1. The van der Waals surface area contributed by atoms with Crippen molar-refractivity contribution in [3.8, 4) is 11.3 Å². The number of aliphatic hydroxyl groups excluding tert-OH is 1. The number of aromatic nitrogens is 1. The lowest BCUT2D eigenvalue weighted by molar-refractivity contribution is 0.122. The quantitative estimate of drug-likeness (QED) is 0.796. The van der Waals surface area contributed by atoms with Crippen LogP contribution in [0.25, 0.3) is 22.2 Å². The second-order valence-corrected chi connectivity index (χ2v) is 6.45. The van der Waals surface area contributed by atoms with Crippen LogP contribution in [0.1, 0.15) is 11.1 Å². The highest BCUT2D eigenvalue weighted by Gasteiger charge is 2.16. The molecule has 0 amide bonds. The normalized spacial score (nSPS) is 14.9. The van der Waals surface area contributed by atoms with Crippen LogP contribution >= 0.6 is 0 Å². The van der Waals surface area contributed by atoms with Crippen molar-refractivity contribution in [2.45, 2.75) is 13.5 Å². The number of ether oxygens (including phenoxy) is 1. The Morgan fingerprint density at radius 3 is 2.68 bits per heavy atom. The molecule has 0 unspecified atom stereocenters. The van der Waals surface area contributed by atoms with Gasteiger partial charge in [0.2, 0.25) is 0 Å². The molecule has 4 nitrogen and oxygen atoms in total. The van der Waals surface area contributed by atoms with Crippen molar-refractivity contribution in [3.05, 3.63) is 59.7 Å². The van der Waals surface area contributed by atoms with Crippen LogP contribution in [0, 0.1) is 6.92 Å². The van der Waals surface area contributed by atoms with Crippen molar-refractivity contribution < 1.29 is 9.84 Å². The molecule has 2 heterocycles. The third kappa shape index (κ3) is 3.11. The molecule has 1 fully saturated rings. The first-order valence-electron chi connectivity index (χ1n) is 8.69. The Balaban J connectivity index is 1.81. The molecule has 25 heavy (non-hydrogen) atoms. The number of anilines is 1. The molecule has 2 aromatic carbocycles. The largest absolute Gasteiger partial charge is 0.392 e. The molecule has 0 atom stereocenters. The Bertz CT molecular complexity index is 902. The topological polar surface area (TPSA) is 45.6 Å². The summed E-state index contributed by atoms with van der Waals surface area (Å²) in [6.07, 6.45) is 0. The first kappa shape index (κ1) is 16.1. The monoisotopic (exact) mass is 334 g/mol. The van der Waals surface area contributed by atoms with Crippen LogP contribution in [0.5, 0.6) is 0 Å². The van der Waals surface area contributed by atoms with Gasteiger partial charge in [0.15, 0.2) is 0 Å². The maximum Gasteiger partial charge on any atom is 0.0739 e. The van der Waals surface area contributed by atoms with Gasteiger partial charge in [-0.05, 0) is 30.7 Å². The Hall–Kier alpha value is -2.43. The van der Waals surface area contributed by atoms with E-state index in [1.165, 1.54) is 0 Å². The van der Waals surface area contributed by atoms with Crippen LogP contribution in [-0.4, -0.2) is 36.4 Å². The second-order valence-electron chi connectivity index (χ2n) is 6.45. The van der Waals surface area contributed by atoms with E-state index in [4.69, 9.17) is 9.72 Å². The Morgan fingerprint density at radius 1 is 1.08 bits per heavy atom. The zero-order valence-corrected chi connectivity index (χ0v) is 14.4. The van der Waals surface area contributed by atoms with E-state index < -0.39 is 0 Å². The van der Waals surface area contributed by atoms with E-state index in [1.54, 1.807) is 0 Å². The maximum atomic E-state index is 9.73. The Kier molecular flexibility index (Phi) is 4.38. The molecule has 4 rings (SSSR count). The molecule has 1 aliphatic rings. The highest BCUT2D eigenvalue weighted by Crippen LogP contribution is 2.31. The average molecular weight is 334 g/mol. The lowest BCUT2D eigenvalue weighted by atomic mass is 10.0. The van der Waals surface area contributed by atoms with Crippen LogP contribution in [0.2, 0.25) is 0 Å². The molecule has 0 spiro atoms. The fourth-order valence-electron chi connectivity index (χ4n) is 3.46. The average Bonchev–Trinajstić information content (AvgIpc) is 2.67. The first-order valence-corrected chi connectivity index (χ1v) is 8.69. The van der Waals surface area contributed by atoms with E-state index in [9.17, 15) is 5.11 Å². The van der Waals surface area contributed by atoms with Crippen molar-refractivity contribution in [1.29, 1.82) is 0 Å². The molecule has 3 aromatic rings. The minimum Gasteiger partial charge on any atom is -0.392 e. The van der Waals surface area contributed by atoms with E-state index in [1.807, 2.05) is 24.3 Å². The predicted molar refractivity (Wildman–Crippen MR) is 101 cm³/mol. The van der Waals surface area contributed by atoms with Crippen LogP contribution in [0.15, 0.2) is 48.5 Å². The SMILES string of the molecule is Cc1cc2ccccc2nc1-c1ccc(CO)c(N2CCOCC2)c1. The fraction of sp³-hybridized carbons (Fsp3) is 0.286. The molecule has 1 aromatic heterocycles. The van der Waals surface area contributed by atoms with Gasteiger partial charge in [-0.2, -0.15) is 0 Å². The summed E-state index contributed by atoms with van der Waals surface area (Å²) >= 11 is 0. The van der Waals surface area contributed by atoms with Gasteiger partial charge < -0.3 is 14.7 Å². The minimum atomic E-state index is 0.0388. The van der Waals surface area contributed by atoms with Crippen molar-refractivity contribution in [3.63, 3.8) is 0 Å². The van der Waals surface area contributed by atoms with Gasteiger partial charge >= 0.3 is 0 Å². The van der Waals surface area contributed by atoms with Gasteiger partial charge in [0.05, 0.1) is 31.0 Å². The molecule has 1 N–H and O–H groups in total. The number of aryl methyl sites for hydroxylation is 1. The molecule has 0 aliphatic carbocycles. The summed E-state index contributed by atoms with van der Waals surface area (Å²) in [6.45, 7) is 5.28. The second kappa shape index (κ2) is 6.82. The molecule has 4 heteroatoms. The number of hydrogen-bond acceptors (Lipinski definition) is 4. The third-order valence-electron chi connectivity index (χ3n) is 4.80. The van der Waals surface area contributed by atoms with Crippen LogP contribution in [-0.2, 0) is 11.3 Å². The van der Waals surface area contributed by atoms with Gasteiger partial charge in [0, 0.05) is 35.3 Å². The third-order valence-corrected chi connectivity index (χ3v) is 4.80. The molecule has 1 aliphatic heterocycles. The van der Waals surface area contributed by atoms with Crippen molar-refractivity contribution in [2.24, 2.45) is 0 Å². The van der Waals surface area contributed by atoms with Crippen LogP contribution in [0.3, 0.4) is 0 Å². The number of rotatable bonds is 3. The number of benzene rings is 2. The number of nitrogens with zero attached hydrogens (tertiary/aromatic N) is 2. The molecule has 0 saturated carbocycles. The Labute approximate surface area is 147 Å². The maximum absolute atomic E-state index is 9.73. The zero-order chi connectivity index (χ0) is 17.2. The summed E-state index contributed by atoms with van der Waals surface area (Å²) in [4.78, 5) is 7.17. The summed E-state index contributed by atoms with van der Waals surface area (Å²) in [5.74, 6) is 0. The van der Waals surface area contributed by atoms with Crippen molar-refractivity contribution in [1.82, 2.24) is 4.98 Å². The number of fused-ring (bicyclic) bond motifs is 1. The van der Waals surface area contributed by atoms with E-state index in [2.05, 4.69) is 36.1 Å². The van der Waals surface area contributed by atoms with Gasteiger partial charge in [-0.3, -0.25) is 0 Å². The summed E-state index contributed by atoms with van der Waals surface area (Å²) in [5, 5.41) is 10.9. The van der Waals surface area contributed by atoms with Gasteiger partial charge in [0.1, 0.15) is 0 Å². The number of hydrogen-bond donors (Lipinski definition) is 1. The summed E-state index contributed by atoms with van der Waals surface area (Å²) in [7, 11) is 0. The lowest BCUT2D eigenvalue weighted by Gasteiger charge is -2.30. The number of para-hydroxylation sites is 1. The highest BCUT2D eigenvalue weighted by molar-refractivity contribution is 5.84. The standard InChI is InChI=1S/C21H22N2O2/c1-15-12-16-4-2-3-5-19(16)22-21(15)17-6-7-18(14-24)20(13-17)23-8-10-25-11-9-23/h2-7,12-13,24H,8-11,14H2,1H3. The smallest absolute Gasteiger partial charge is 0.0739 e. The predicted octanol–water partition coefficient (Wildman–Crippen LogP) is 3.54. The molecule has 0 radical (unpaired) electrons. The van der Waals surface area contributed by atoms with Crippen molar-refractivity contribution >= 4 is 16.6 Å². The number of pyridine rings is 1. The summed E-state index contributed by atoms with van der Waals surface area (Å²) < 4.78 is 5.46. The van der Waals surface area contributed by atoms with Gasteiger partial charge in [0.25, 0.3) is 0 Å². The van der Waals surface area contributed by atoms with E-state index in [-0.39, 0.29) is 6.61 Å². The molecule has 128 valence electrons. The van der Waals surface area contributed by atoms with Crippen molar-refractivity contribution in [2.75, 3.05) is 31.2 Å². The fourth-order valence-corrected chi connectivity index (χ4v) is 3.46. The lowest BCUT2D eigenvalue weighted by Crippen LogP contribution is -2.36. The molecule has 0 bridgehead atoms. The summed E-state index contributed by atoms with van der Waals surface area (Å²) in [6, 6.07) is 16.6. The van der Waals surface area contributed by atoms with Gasteiger partial charge in [-0.25, -0.2) is 4.98 Å². The van der Waals surface area contributed by atoms with Gasteiger partial charge in [-0.1, -0.05) is 30.3 Å². The summed E-state index contributed by atoms with van der Waals surface area (Å²) in [5.41, 5.74) is 6.27. The van der Waals surface area contributed by atoms with E-state index in [0.29, 0.717) is 0 Å². The van der Waals surface area contributed by atoms with E-state index in [0.717, 1.165) is 65.3 Å². The first-order chi connectivity index (χ1) is 12.3.